The minimum Gasteiger partial charge on any atom is -0.435 e. The largest absolute Gasteiger partial charge is 0.435 e. The Balaban J connectivity index is 2.42. The summed E-state index contributed by atoms with van der Waals surface area (Å²) in [4.78, 5) is 0. The molecule has 10 heavy (non-hydrogen) atoms. The van der Waals surface area contributed by atoms with Crippen LogP contribution in [0.2, 0.25) is 6.82 Å². The molecule has 4 nitrogen and oxygen atoms in total. The number of aryl methyl sites for hydroxylation is 1. The third kappa shape index (κ3) is 1.84. The molecule has 0 saturated carbocycles. The molecule has 0 spiro atoms. The van der Waals surface area contributed by atoms with Gasteiger partial charge in [0.1, 0.15) is 5.69 Å². The van der Waals surface area contributed by atoms with E-state index in [1.54, 1.807) is 12.2 Å². The van der Waals surface area contributed by atoms with Crippen LogP contribution in [-0.4, -0.2) is 22.5 Å². The lowest BCUT2D eigenvalue weighted by Crippen LogP contribution is -1.94. The minimum absolute atomic E-state index is 0.504. The molecule has 0 unspecified atom stereocenters. The summed E-state index contributed by atoms with van der Waals surface area (Å²) in [5, 5.41) is 7.56. The summed E-state index contributed by atoms with van der Waals surface area (Å²) in [5.74, 6) is 0. The molecule has 0 bridgehead atoms. The van der Waals surface area contributed by atoms with E-state index in [0.29, 0.717) is 6.61 Å². The highest BCUT2D eigenvalue weighted by Crippen LogP contribution is 1.92. The topological polar surface area (TPSA) is 39.9 Å². The summed E-state index contributed by atoms with van der Waals surface area (Å²) in [6, 6.07) is 0. The zero-order chi connectivity index (χ0) is 7.40. The first-order valence-corrected chi connectivity index (χ1v) is 3.07. The lowest BCUT2D eigenvalue weighted by atomic mass is 10.1. The number of nitrogens with zero attached hydrogens (tertiary/aromatic N) is 3. The van der Waals surface area contributed by atoms with Gasteiger partial charge in [0.2, 0.25) is 0 Å². The Morgan fingerprint density at radius 3 is 3.10 bits per heavy atom. The van der Waals surface area contributed by atoms with Crippen molar-refractivity contribution in [2.24, 2.45) is 7.05 Å². The maximum absolute atomic E-state index is 4.99. The van der Waals surface area contributed by atoms with Crippen molar-refractivity contribution in [1.82, 2.24) is 15.0 Å². The Kier molecular flexibility index (Phi) is 2.45. The number of hydrogen-bond acceptors (Lipinski definition) is 3. The number of aromatic nitrogens is 3. The Morgan fingerprint density at radius 2 is 2.60 bits per heavy atom. The quantitative estimate of drug-likeness (QED) is 0.551. The van der Waals surface area contributed by atoms with Gasteiger partial charge in [0.25, 0.3) is 7.48 Å². The van der Waals surface area contributed by atoms with Crippen molar-refractivity contribution in [3.63, 3.8) is 0 Å². The monoisotopic (exact) mass is 138 g/mol. The molecular formula is C5H9BN3O. The molecule has 5 heteroatoms. The van der Waals surface area contributed by atoms with Gasteiger partial charge in [-0.15, -0.1) is 5.10 Å². The molecular weight excluding hydrogens is 129 g/mol. The summed E-state index contributed by atoms with van der Waals surface area (Å²) < 4.78 is 6.64. The molecule has 1 aromatic heterocycles. The SMILES string of the molecule is C[B]OCc1cn(C)nn1. The second-order valence-corrected chi connectivity index (χ2v) is 1.93. The second-order valence-electron chi connectivity index (χ2n) is 1.93. The molecule has 1 radical (unpaired) electrons. The summed E-state index contributed by atoms with van der Waals surface area (Å²) >= 11 is 0. The van der Waals surface area contributed by atoms with E-state index >= 15 is 0 Å². The first-order valence-electron chi connectivity index (χ1n) is 3.07. The first-order chi connectivity index (χ1) is 4.83. The molecule has 53 valence electrons. The van der Waals surface area contributed by atoms with E-state index in [1.807, 2.05) is 20.1 Å². The molecule has 0 aromatic carbocycles. The van der Waals surface area contributed by atoms with Crippen molar-refractivity contribution >= 4 is 7.48 Å². The third-order valence-electron chi connectivity index (χ3n) is 1.05. The summed E-state index contributed by atoms with van der Waals surface area (Å²) in [7, 11) is 3.46. The molecule has 1 aromatic rings. The van der Waals surface area contributed by atoms with Gasteiger partial charge < -0.3 is 4.65 Å². The van der Waals surface area contributed by atoms with E-state index in [9.17, 15) is 0 Å². The molecule has 0 amide bonds. The van der Waals surface area contributed by atoms with Crippen molar-refractivity contribution in [3.05, 3.63) is 11.9 Å². The highest BCUT2D eigenvalue weighted by atomic mass is 16.4. The van der Waals surface area contributed by atoms with Gasteiger partial charge in [0.15, 0.2) is 0 Å². The van der Waals surface area contributed by atoms with Gasteiger partial charge in [-0.2, -0.15) is 0 Å². The summed E-state index contributed by atoms with van der Waals surface area (Å²) in [6.45, 7) is 2.33. The van der Waals surface area contributed by atoms with Crippen LogP contribution in [0.5, 0.6) is 0 Å². The standard InChI is InChI=1S/C5H9BN3O/c1-6-10-4-5-3-9(2)8-7-5/h3H,4H2,1-2H3. The Bertz CT molecular complexity index is 201. The second kappa shape index (κ2) is 3.36. The van der Waals surface area contributed by atoms with Gasteiger partial charge >= 0.3 is 0 Å². The molecule has 1 rings (SSSR count). The molecule has 0 aliphatic heterocycles. The van der Waals surface area contributed by atoms with E-state index in [2.05, 4.69) is 10.3 Å². The van der Waals surface area contributed by atoms with Crippen LogP contribution in [-0.2, 0) is 18.3 Å². The lowest BCUT2D eigenvalue weighted by Gasteiger charge is -1.92. The van der Waals surface area contributed by atoms with Crippen LogP contribution in [0.4, 0.5) is 0 Å². The maximum Gasteiger partial charge on any atom is 0.289 e. The van der Waals surface area contributed by atoms with E-state index in [0.717, 1.165) is 5.69 Å². The Hall–Kier alpha value is -0.835. The van der Waals surface area contributed by atoms with Crippen LogP contribution >= 0.6 is 0 Å². The average Bonchev–Trinajstić information content (AvgIpc) is 2.31. The van der Waals surface area contributed by atoms with E-state index in [4.69, 9.17) is 4.65 Å². The van der Waals surface area contributed by atoms with Crippen LogP contribution in [0.25, 0.3) is 0 Å². The van der Waals surface area contributed by atoms with Crippen molar-refractivity contribution in [2.75, 3.05) is 0 Å². The molecule has 0 aliphatic carbocycles. The fourth-order valence-corrected chi connectivity index (χ4v) is 0.630. The van der Waals surface area contributed by atoms with Crippen LogP contribution in [0.15, 0.2) is 6.20 Å². The minimum atomic E-state index is 0.504. The maximum atomic E-state index is 4.99. The van der Waals surface area contributed by atoms with Crippen LogP contribution in [0.3, 0.4) is 0 Å². The first kappa shape index (κ1) is 7.27. The van der Waals surface area contributed by atoms with E-state index in [1.165, 1.54) is 0 Å². The molecule has 0 aliphatic rings. The average molecular weight is 138 g/mol. The van der Waals surface area contributed by atoms with Crippen molar-refractivity contribution in [3.8, 4) is 0 Å². The van der Waals surface area contributed by atoms with Crippen LogP contribution < -0.4 is 0 Å². The number of hydrogen-bond donors (Lipinski definition) is 0. The molecule has 0 N–H and O–H groups in total. The van der Waals surface area contributed by atoms with Crippen molar-refractivity contribution in [2.45, 2.75) is 13.4 Å². The van der Waals surface area contributed by atoms with Gasteiger partial charge in [-0.25, -0.2) is 0 Å². The smallest absolute Gasteiger partial charge is 0.289 e. The summed E-state index contributed by atoms with van der Waals surface area (Å²) in [5.41, 5.74) is 0.848. The van der Waals surface area contributed by atoms with Crippen molar-refractivity contribution < 1.29 is 4.65 Å². The Labute approximate surface area is 60.5 Å². The van der Waals surface area contributed by atoms with Gasteiger partial charge in [0.05, 0.1) is 12.8 Å². The van der Waals surface area contributed by atoms with Gasteiger partial charge in [-0.05, 0) is 0 Å². The van der Waals surface area contributed by atoms with Gasteiger partial charge in [-0.1, -0.05) is 12.0 Å². The fourth-order valence-electron chi connectivity index (χ4n) is 0.630. The third-order valence-corrected chi connectivity index (χ3v) is 1.05. The zero-order valence-corrected chi connectivity index (χ0v) is 6.11. The molecule has 0 atom stereocenters. The molecule has 0 fully saturated rings. The van der Waals surface area contributed by atoms with Gasteiger partial charge in [-0.3, -0.25) is 4.68 Å². The zero-order valence-electron chi connectivity index (χ0n) is 6.11. The van der Waals surface area contributed by atoms with E-state index in [-0.39, 0.29) is 0 Å². The van der Waals surface area contributed by atoms with Gasteiger partial charge in [0, 0.05) is 7.05 Å². The lowest BCUT2D eigenvalue weighted by molar-refractivity contribution is 0.321. The highest BCUT2D eigenvalue weighted by molar-refractivity contribution is 6.24. The van der Waals surface area contributed by atoms with Crippen molar-refractivity contribution in [1.29, 1.82) is 0 Å². The Morgan fingerprint density at radius 1 is 1.80 bits per heavy atom. The fraction of sp³-hybridized carbons (Fsp3) is 0.600. The molecule has 0 saturated heterocycles. The van der Waals surface area contributed by atoms with Crippen LogP contribution in [0.1, 0.15) is 5.69 Å². The summed E-state index contributed by atoms with van der Waals surface area (Å²) in [6.07, 6.45) is 1.82. The normalized spacial score (nSPS) is 9.80. The predicted molar refractivity (Wildman–Crippen MR) is 37.4 cm³/mol. The predicted octanol–water partition coefficient (Wildman–Crippen LogP) is -0.00100. The van der Waals surface area contributed by atoms with E-state index < -0.39 is 0 Å². The van der Waals surface area contributed by atoms with Crippen LogP contribution in [0, 0.1) is 0 Å². The highest BCUT2D eigenvalue weighted by Gasteiger charge is 1.95. The number of rotatable bonds is 3. The molecule has 1 heterocycles.